The number of aliphatic hydroxyl groups excluding tert-OH is 1. The van der Waals surface area contributed by atoms with Crippen LogP contribution in [-0.2, 0) is 0 Å². The summed E-state index contributed by atoms with van der Waals surface area (Å²) in [5.74, 6) is 0.0109. The summed E-state index contributed by atoms with van der Waals surface area (Å²) in [5, 5.41) is 21.8. The smallest absolute Gasteiger partial charge is 0.251 e. The van der Waals surface area contributed by atoms with Crippen LogP contribution < -0.4 is 4.73 Å². The molecule has 3 nitrogen and oxygen atoms in total. The first kappa shape index (κ1) is 12.9. The number of halogens is 1. The SMILES string of the molecule is [O-][n+]1ccccc1SCC(O)c1ccc(F)cc1. The minimum atomic E-state index is -0.726. The van der Waals surface area contributed by atoms with E-state index in [0.717, 1.165) is 4.73 Å². The van der Waals surface area contributed by atoms with Gasteiger partial charge in [-0.1, -0.05) is 23.9 Å². The topological polar surface area (TPSA) is 47.2 Å². The molecule has 94 valence electrons. The van der Waals surface area contributed by atoms with Gasteiger partial charge in [0.25, 0.3) is 5.03 Å². The van der Waals surface area contributed by atoms with Crippen LogP contribution in [0.5, 0.6) is 0 Å². The van der Waals surface area contributed by atoms with Crippen LogP contribution in [0.1, 0.15) is 11.7 Å². The quantitative estimate of drug-likeness (QED) is 0.524. The summed E-state index contributed by atoms with van der Waals surface area (Å²) in [6, 6.07) is 10.8. The Morgan fingerprint density at radius 1 is 1.22 bits per heavy atom. The van der Waals surface area contributed by atoms with Gasteiger partial charge in [0.2, 0.25) is 0 Å². The lowest BCUT2D eigenvalue weighted by molar-refractivity contribution is -0.645. The summed E-state index contributed by atoms with van der Waals surface area (Å²) in [4.78, 5) is 0. The Morgan fingerprint density at radius 3 is 2.61 bits per heavy atom. The Bertz CT molecular complexity index is 519. The standard InChI is InChI=1S/C13H12FNO2S/c14-11-6-4-10(5-7-11)12(16)9-18-13-3-1-2-8-15(13)17/h1-8,12,16H,9H2. The fourth-order valence-corrected chi connectivity index (χ4v) is 2.35. The highest BCUT2D eigenvalue weighted by Gasteiger charge is 2.11. The molecule has 1 atom stereocenters. The van der Waals surface area contributed by atoms with Crippen molar-refractivity contribution in [3.8, 4) is 0 Å². The highest BCUT2D eigenvalue weighted by molar-refractivity contribution is 7.99. The summed E-state index contributed by atoms with van der Waals surface area (Å²) < 4.78 is 13.5. The van der Waals surface area contributed by atoms with Gasteiger partial charge >= 0.3 is 0 Å². The van der Waals surface area contributed by atoms with Crippen molar-refractivity contribution in [2.75, 3.05) is 5.75 Å². The molecule has 1 aromatic carbocycles. The number of aliphatic hydroxyl groups is 1. The maximum atomic E-state index is 12.7. The Labute approximate surface area is 108 Å². The zero-order valence-electron chi connectivity index (χ0n) is 9.49. The van der Waals surface area contributed by atoms with E-state index in [9.17, 15) is 14.7 Å². The molecule has 1 heterocycles. The summed E-state index contributed by atoms with van der Waals surface area (Å²) in [6.45, 7) is 0. The van der Waals surface area contributed by atoms with Crippen LogP contribution in [0.15, 0.2) is 53.7 Å². The highest BCUT2D eigenvalue weighted by Crippen LogP contribution is 2.22. The largest absolute Gasteiger partial charge is 0.618 e. The third-order valence-electron chi connectivity index (χ3n) is 2.43. The molecule has 1 aromatic heterocycles. The molecule has 0 aliphatic rings. The number of aromatic nitrogens is 1. The molecule has 0 bridgehead atoms. The minimum absolute atomic E-state index is 0.334. The third kappa shape index (κ3) is 3.21. The maximum Gasteiger partial charge on any atom is 0.251 e. The molecule has 0 aliphatic heterocycles. The first-order chi connectivity index (χ1) is 8.66. The van der Waals surface area contributed by atoms with E-state index < -0.39 is 6.10 Å². The summed E-state index contributed by atoms with van der Waals surface area (Å²) in [5.41, 5.74) is 0.636. The summed E-state index contributed by atoms with van der Waals surface area (Å²) in [7, 11) is 0. The van der Waals surface area contributed by atoms with Crippen molar-refractivity contribution in [3.05, 3.63) is 65.2 Å². The van der Waals surface area contributed by atoms with Gasteiger partial charge in [0.1, 0.15) is 5.82 Å². The molecule has 5 heteroatoms. The van der Waals surface area contributed by atoms with E-state index in [1.54, 1.807) is 18.2 Å². The Kier molecular flexibility index (Phi) is 4.17. The molecular formula is C13H12FNO2S. The fourth-order valence-electron chi connectivity index (χ4n) is 1.47. The monoisotopic (exact) mass is 265 g/mol. The van der Waals surface area contributed by atoms with Crippen molar-refractivity contribution < 1.29 is 14.2 Å². The van der Waals surface area contributed by atoms with Crippen molar-refractivity contribution in [2.24, 2.45) is 0 Å². The van der Waals surface area contributed by atoms with Crippen LogP contribution in [0, 0.1) is 11.0 Å². The lowest BCUT2D eigenvalue weighted by Gasteiger charge is -2.10. The molecular weight excluding hydrogens is 253 g/mol. The zero-order valence-corrected chi connectivity index (χ0v) is 10.3. The van der Waals surface area contributed by atoms with E-state index in [1.807, 2.05) is 0 Å². The van der Waals surface area contributed by atoms with Gasteiger partial charge in [0.05, 0.1) is 6.10 Å². The van der Waals surface area contributed by atoms with Gasteiger partial charge in [-0.05, 0) is 23.8 Å². The van der Waals surface area contributed by atoms with Crippen molar-refractivity contribution in [3.63, 3.8) is 0 Å². The molecule has 0 fully saturated rings. The van der Waals surface area contributed by atoms with E-state index >= 15 is 0 Å². The minimum Gasteiger partial charge on any atom is -0.618 e. The van der Waals surface area contributed by atoms with E-state index in [2.05, 4.69) is 0 Å². The van der Waals surface area contributed by atoms with Crippen LogP contribution >= 0.6 is 11.8 Å². The molecule has 2 rings (SSSR count). The number of nitrogens with zero attached hydrogens (tertiary/aromatic N) is 1. The number of pyridine rings is 1. The van der Waals surface area contributed by atoms with Crippen LogP contribution in [0.25, 0.3) is 0 Å². The predicted molar refractivity (Wildman–Crippen MR) is 67.5 cm³/mol. The second-order valence-corrected chi connectivity index (χ2v) is 4.78. The van der Waals surface area contributed by atoms with Crippen molar-refractivity contribution in [2.45, 2.75) is 11.1 Å². The van der Waals surface area contributed by atoms with Gasteiger partial charge in [-0.25, -0.2) is 4.39 Å². The molecule has 1 unspecified atom stereocenters. The predicted octanol–water partition coefficient (Wildman–Crippen LogP) is 2.28. The van der Waals surface area contributed by atoms with Gasteiger partial charge in [-0.2, -0.15) is 4.73 Å². The second-order valence-electron chi connectivity index (χ2n) is 3.74. The lowest BCUT2D eigenvalue weighted by atomic mass is 10.1. The number of hydrogen-bond acceptors (Lipinski definition) is 3. The average molecular weight is 265 g/mol. The maximum absolute atomic E-state index is 12.7. The van der Waals surface area contributed by atoms with Gasteiger partial charge in [0.15, 0.2) is 6.20 Å². The van der Waals surface area contributed by atoms with Crippen molar-refractivity contribution >= 4 is 11.8 Å². The first-order valence-electron chi connectivity index (χ1n) is 5.41. The molecule has 0 saturated heterocycles. The van der Waals surface area contributed by atoms with Gasteiger partial charge in [-0.15, -0.1) is 0 Å². The van der Waals surface area contributed by atoms with E-state index in [-0.39, 0.29) is 5.82 Å². The Morgan fingerprint density at radius 2 is 1.94 bits per heavy atom. The van der Waals surface area contributed by atoms with Crippen molar-refractivity contribution in [1.82, 2.24) is 0 Å². The highest BCUT2D eigenvalue weighted by atomic mass is 32.2. The lowest BCUT2D eigenvalue weighted by Crippen LogP contribution is -2.28. The summed E-state index contributed by atoms with van der Waals surface area (Å²) in [6.07, 6.45) is 0.683. The second kappa shape index (κ2) is 5.84. The molecule has 0 amide bonds. The van der Waals surface area contributed by atoms with E-state index in [1.165, 1.54) is 42.2 Å². The average Bonchev–Trinajstić information content (AvgIpc) is 2.38. The van der Waals surface area contributed by atoms with Crippen LogP contribution in [0.2, 0.25) is 0 Å². The van der Waals surface area contributed by atoms with E-state index in [0.29, 0.717) is 16.3 Å². The van der Waals surface area contributed by atoms with Crippen LogP contribution in [0.4, 0.5) is 4.39 Å². The molecule has 18 heavy (non-hydrogen) atoms. The van der Waals surface area contributed by atoms with Crippen molar-refractivity contribution in [1.29, 1.82) is 0 Å². The van der Waals surface area contributed by atoms with Gasteiger partial charge in [0, 0.05) is 17.9 Å². The number of thioether (sulfide) groups is 1. The third-order valence-corrected chi connectivity index (χ3v) is 3.53. The fraction of sp³-hybridized carbons (Fsp3) is 0.154. The van der Waals surface area contributed by atoms with Gasteiger partial charge < -0.3 is 10.3 Å². The molecule has 0 aliphatic carbocycles. The Hall–Kier alpha value is -1.59. The first-order valence-corrected chi connectivity index (χ1v) is 6.40. The normalized spacial score (nSPS) is 12.3. The zero-order chi connectivity index (χ0) is 13.0. The molecule has 0 spiro atoms. The number of hydrogen-bond donors (Lipinski definition) is 1. The van der Waals surface area contributed by atoms with E-state index in [4.69, 9.17) is 0 Å². The molecule has 0 saturated carbocycles. The summed E-state index contributed by atoms with van der Waals surface area (Å²) >= 11 is 1.26. The van der Waals surface area contributed by atoms with Crippen LogP contribution in [0.3, 0.4) is 0 Å². The molecule has 2 aromatic rings. The number of rotatable bonds is 4. The molecule has 0 radical (unpaired) electrons. The van der Waals surface area contributed by atoms with Crippen LogP contribution in [-0.4, -0.2) is 10.9 Å². The Balaban J connectivity index is 1.98. The molecule has 1 N–H and O–H groups in total. The van der Waals surface area contributed by atoms with Gasteiger partial charge in [-0.3, -0.25) is 0 Å². The number of benzene rings is 1.